The van der Waals surface area contributed by atoms with Crippen LogP contribution in [0.2, 0.25) is 0 Å². The molecule has 2 heterocycles. The third kappa shape index (κ3) is 5.87. The molecular weight excluding hydrogens is 437 g/mol. The standard InChI is InChI=1S/C20H26FN3O5S.C2H6/c1-12-3-4-16(15(21)9-12)22-17-13(2)19(27)24-6-7-29-20(24)18(17)23-30(28)8-5-14(10-25)11-26;1-2/h3-4,9,14,22-23,25-26H,5-8,10-11H2,1-2H3;1-2H3. The first-order chi connectivity index (χ1) is 15.3. The molecule has 1 aromatic carbocycles. The molecular formula is C22H32FN3O5S. The molecule has 32 heavy (non-hydrogen) atoms. The van der Waals surface area contributed by atoms with E-state index in [2.05, 4.69) is 10.0 Å². The number of aliphatic hydroxyl groups excluding tert-OH is 2. The number of ether oxygens (including phenoxy) is 1. The number of aryl methyl sites for hydroxylation is 1. The summed E-state index contributed by atoms with van der Waals surface area (Å²) in [6.45, 7) is 7.65. The van der Waals surface area contributed by atoms with Gasteiger partial charge in [-0.05, 0) is 38.0 Å². The van der Waals surface area contributed by atoms with Crippen LogP contribution in [0.5, 0.6) is 5.88 Å². The van der Waals surface area contributed by atoms with Crippen LogP contribution in [0.1, 0.15) is 31.4 Å². The summed E-state index contributed by atoms with van der Waals surface area (Å²) in [4.78, 5) is 12.7. The number of hydrogen-bond donors (Lipinski definition) is 4. The SMILES string of the molecule is CC.Cc1ccc(Nc2c(NS(=O)CCC(CO)CO)c3n(c(=O)c2C)CCO3)c(F)c1. The van der Waals surface area contributed by atoms with Gasteiger partial charge in [0.2, 0.25) is 5.88 Å². The lowest BCUT2D eigenvalue weighted by molar-refractivity contribution is 0.148. The number of pyridine rings is 1. The molecule has 0 aliphatic carbocycles. The first kappa shape index (κ1) is 25.8. The quantitative estimate of drug-likeness (QED) is 0.449. The average molecular weight is 470 g/mol. The van der Waals surface area contributed by atoms with Gasteiger partial charge in [-0.15, -0.1) is 0 Å². The van der Waals surface area contributed by atoms with Crippen LogP contribution in [0.25, 0.3) is 0 Å². The van der Waals surface area contributed by atoms with Crippen molar-refractivity contribution in [3.8, 4) is 5.88 Å². The number of anilines is 3. The molecule has 0 spiro atoms. The van der Waals surface area contributed by atoms with Gasteiger partial charge in [0.05, 0.1) is 17.9 Å². The summed E-state index contributed by atoms with van der Waals surface area (Å²) in [6, 6.07) is 4.69. The minimum Gasteiger partial charge on any atom is -0.475 e. The zero-order valence-corrected chi connectivity index (χ0v) is 19.7. The third-order valence-electron chi connectivity index (χ3n) is 5.03. The lowest BCUT2D eigenvalue weighted by Crippen LogP contribution is -2.24. The van der Waals surface area contributed by atoms with E-state index in [9.17, 15) is 23.6 Å². The molecule has 1 aliphatic rings. The van der Waals surface area contributed by atoms with E-state index in [1.807, 2.05) is 13.8 Å². The number of benzene rings is 1. The van der Waals surface area contributed by atoms with Crippen molar-refractivity contribution in [3.05, 3.63) is 45.5 Å². The zero-order chi connectivity index (χ0) is 23.8. The molecule has 1 atom stereocenters. The lowest BCUT2D eigenvalue weighted by Gasteiger charge is -2.19. The van der Waals surface area contributed by atoms with Crippen molar-refractivity contribution in [1.29, 1.82) is 0 Å². The number of aromatic nitrogens is 1. The number of nitrogens with zero attached hydrogens (tertiary/aromatic N) is 1. The number of aliphatic hydroxyl groups is 2. The number of halogens is 1. The van der Waals surface area contributed by atoms with Gasteiger partial charge in [0.25, 0.3) is 5.56 Å². The summed E-state index contributed by atoms with van der Waals surface area (Å²) in [5.74, 6) is -0.425. The van der Waals surface area contributed by atoms with Crippen LogP contribution in [0.15, 0.2) is 23.0 Å². The molecule has 10 heteroatoms. The van der Waals surface area contributed by atoms with Crippen molar-refractivity contribution in [2.75, 3.05) is 35.6 Å². The van der Waals surface area contributed by atoms with E-state index in [1.165, 1.54) is 10.6 Å². The Kier molecular flexibility index (Phi) is 9.67. The minimum atomic E-state index is -1.58. The van der Waals surface area contributed by atoms with E-state index in [4.69, 9.17) is 4.74 Å². The second-order valence-corrected chi connectivity index (χ2v) is 8.57. The average Bonchev–Trinajstić information content (AvgIpc) is 3.28. The Morgan fingerprint density at radius 1 is 1.22 bits per heavy atom. The van der Waals surface area contributed by atoms with Crippen molar-refractivity contribution in [2.45, 2.75) is 40.7 Å². The van der Waals surface area contributed by atoms with Gasteiger partial charge in [-0.2, -0.15) is 0 Å². The smallest absolute Gasteiger partial charge is 0.258 e. The van der Waals surface area contributed by atoms with Gasteiger partial charge < -0.3 is 20.3 Å². The molecule has 178 valence electrons. The van der Waals surface area contributed by atoms with Crippen molar-refractivity contribution < 1.29 is 23.5 Å². The monoisotopic (exact) mass is 469 g/mol. The Hall–Kier alpha value is -2.43. The van der Waals surface area contributed by atoms with E-state index >= 15 is 0 Å². The van der Waals surface area contributed by atoms with Crippen LogP contribution in [-0.2, 0) is 17.5 Å². The summed E-state index contributed by atoms with van der Waals surface area (Å²) in [7, 11) is -1.58. The molecule has 0 saturated heterocycles. The molecule has 1 unspecified atom stereocenters. The number of fused-ring (bicyclic) bond motifs is 1. The van der Waals surface area contributed by atoms with Crippen LogP contribution in [0.3, 0.4) is 0 Å². The highest BCUT2D eigenvalue weighted by Gasteiger charge is 2.26. The molecule has 1 aliphatic heterocycles. The van der Waals surface area contributed by atoms with Gasteiger partial charge in [-0.25, -0.2) is 8.60 Å². The number of rotatable bonds is 9. The Labute approximate surface area is 190 Å². The van der Waals surface area contributed by atoms with E-state index in [0.717, 1.165) is 5.56 Å². The lowest BCUT2D eigenvalue weighted by atomic mass is 10.1. The van der Waals surface area contributed by atoms with Gasteiger partial charge in [-0.3, -0.25) is 14.1 Å². The fraction of sp³-hybridized carbons (Fsp3) is 0.500. The van der Waals surface area contributed by atoms with Crippen molar-refractivity contribution in [3.63, 3.8) is 0 Å². The summed E-state index contributed by atoms with van der Waals surface area (Å²) in [5, 5.41) is 21.3. The maximum Gasteiger partial charge on any atom is 0.258 e. The predicted octanol–water partition coefficient (Wildman–Crippen LogP) is 2.83. The highest BCUT2D eigenvalue weighted by molar-refractivity contribution is 7.86. The van der Waals surface area contributed by atoms with Gasteiger partial charge in [0, 0.05) is 30.4 Å². The molecule has 3 rings (SSSR count). The molecule has 0 amide bonds. The molecule has 2 aromatic rings. The Morgan fingerprint density at radius 2 is 1.91 bits per heavy atom. The first-order valence-corrected chi connectivity index (χ1v) is 12.0. The summed E-state index contributed by atoms with van der Waals surface area (Å²) >= 11 is 0. The molecule has 0 fully saturated rings. The second-order valence-electron chi connectivity index (χ2n) is 7.27. The molecule has 0 saturated carbocycles. The fourth-order valence-electron chi connectivity index (χ4n) is 3.20. The Balaban J connectivity index is 0.00000176. The highest BCUT2D eigenvalue weighted by Crippen LogP contribution is 2.38. The van der Waals surface area contributed by atoms with Crippen LogP contribution in [-0.4, -0.2) is 44.6 Å². The van der Waals surface area contributed by atoms with E-state index in [-0.39, 0.29) is 42.0 Å². The number of nitrogens with one attached hydrogen (secondary N) is 2. The third-order valence-corrected chi connectivity index (χ3v) is 6.07. The number of hydrogen-bond acceptors (Lipinski definition) is 6. The van der Waals surface area contributed by atoms with Crippen LogP contribution >= 0.6 is 0 Å². The molecule has 0 bridgehead atoms. The van der Waals surface area contributed by atoms with Crippen LogP contribution < -0.4 is 20.3 Å². The van der Waals surface area contributed by atoms with Gasteiger partial charge >= 0.3 is 0 Å². The highest BCUT2D eigenvalue weighted by atomic mass is 32.2. The van der Waals surface area contributed by atoms with Gasteiger partial charge in [0.1, 0.15) is 29.1 Å². The molecule has 0 radical (unpaired) electrons. The molecule has 8 nitrogen and oxygen atoms in total. The maximum absolute atomic E-state index is 14.4. The summed E-state index contributed by atoms with van der Waals surface area (Å²) < 4.78 is 37.0. The van der Waals surface area contributed by atoms with Crippen LogP contribution in [0.4, 0.5) is 21.5 Å². The Morgan fingerprint density at radius 3 is 2.53 bits per heavy atom. The summed E-state index contributed by atoms with van der Waals surface area (Å²) in [5.41, 5.74) is 1.62. The van der Waals surface area contributed by atoms with E-state index in [0.29, 0.717) is 36.5 Å². The Bertz CT molecular complexity index is 1010. The van der Waals surface area contributed by atoms with E-state index in [1.54, 1.807) is 26.0 Å². The fourth-order valence-corrected chi connectivity index (χ4v) is 4.27. The maximum atomic E-state index is 14.4. The first-order valence-electron chi connectivity index (χ1n) is 10.7. The van der Waals surface area contributed by atoms with Crippen LogP contribution in [0, 0.1) is 25.6 Å². The van der Waals surface area contributed by atoms with Gasteiger partial charge in [-0.1, -0.05) is 19.9 Å². The largest absolute Gasteiger partial charge is 0.475 e. The normalized spacial score (nSPS) is 13.1. The second kappa shape index (κ2) is 12.0. The molecule has 4 N–H and O–H groups in total. The summed E-state index contributed by atoms with van der Waals surface area (Å²) in [6.07, 6.45) is 0.344. The molecule has 1 aromatic heterocycles. The van der Waals surface area contributed by atoms with Gasteiger partial charge in [0.15, 0.2) is 0 Å². The minimum absolute atomic E-state index is 0.168. The van der Waals surface area contributed by atoms with Crippen molar-refractivity contribution in [2.24, 2.45) is 5.92 Å². The topological polar surface area (TPSA) is 113 Å². The van der Waals surface area contributed by atoms with Crippen molar-refractivity contribution in [1.82, 2.24) is 4.57 Å². The predicted molar refractivity (Wildman–Crippen MR) is 126 cm³/mol. The van der Waals surface area contributed by atoms with E-state index < -0.39 is 16.8 Å². The van der Waals surface area contributed by atoms with Crippen molar-refractivity contribution >= 4 is 28.0 Å². The zero-order valence-electron chi connectivity index (χ0n) is 18.9.